The summed E-state index contributed by atoms with van der Waals surface area (Å²) < 4.78 is 32.6. The summed E-state index contributed by atoms with van der Waals surface area (Å²) in [4.78, 5) is 17.5. The number of nitrogens with zero attached hydrogens (tertiary/aromatic N) is 3. The van der Waals surface area contributed by atoms with Crippen LogP contribution in [-0.4, -0.2) is 50.0 Å². The number of carbonyl (C=O) groups excluding carboxylic acids is 1. The van der Waals surface area contributed by atoms with Crippen molar-refractivity contribution in [2.75, 3.05) is 25.2 Å². The molecule has 150 valence electrons. The molecule has 9 heteroatoms. The largest absolute Gasteiger partial charge is 0.383 e. The smallest absolute Gasteiger partial charge is 0.319 e. The van der Waals surface area contributed by atoms with Crippen LogP contribution in [0, 0.1) is 0 Å². The Bertz CT molecular complexity index is 903. The van der Waals surface area contributed by atoms with Gasteiger partial charge in [-0.25, -0.2) is 13.2 Å². The maximum absolute atomic E-state index is 13.0. The van der Waals surface area contributed by atoms with Crippen molar-refractivity contribution in [2.24, 2.45) is 5.73 Å². The molecule has 0 radical (unpaired) electrons. The number of urea groups is 1. The number of benzene rings is 1. The van der Waals surface area contributed by atoms with Gasteiger partial charge >= 0.3 is 6.03 Å². The number of rotatable bonds is 7. The number of methoxy groups -OCH3 is 1. The first kappa shape index (κ1) is 20.2. The second kappa shape index (κ2) is 8.68. The summed E-state index contributed by atoms with van der Waals surface area (Å²) in [6.45, 7) is 1.10. The summed E-state index contributed by atoms with van der Waals surface area (Å²) in [6, 6.07) is 9.03. The quantitative estimate of drug-likeness (QED) is 0.759. The molecule has 2 N–H and O–H groups in total. The molecule has 0 bridgehead atoms. The molecule has 0 aliphatic carbocycles. The van der Waals surface area contributed by atoms with Crippen molar-refractivity contribution in [1.82, 2.24) is 9.29 Å². The molecule has 0 saturated carbocycles. The van der Waals surface area contributed by atoms with Crippen LogP contribution in [0.25, 0.3) is 0 Å². The van der Waals surface area contributed by atoms with Gasteiger partial charge in [-0.1, -0.05) is 6.07 Å². The minimum Gasteiger partial charge on any atom is -0.383 e. The SMILES string of the molecule is COC[C@@H]1CCCN1S(=O)(=O)c1ccc(N(Cc2cccnc2)C(N)=O)cc1. The highest BCUT2D eigenvalue weighted by molar-refractivity contribution is 7.89. The number of nitrogens with two attached hydrogens (primary N) is 1. The summed E-state index contributed by atoms with van der Waals surface area (Å²) >= 11 is 0. The van der Waals surface area contributed by atoms with Gasteiger partial charge in [-0.3, -0.25) is 9.88 Å². The van der Waals surface area contributed by atoms with Crippen molar-refractivity contribution in [1.29, 1.82) is 0 Å². The van der Waals surface area contributed by atoms with Gasteiger partial charge in [0.25, 0.3) is 0 Å². The van der Waals surface area contributed by atoms with Crippen LogP contribution in [0.5, 0.6) is 0 Å². The van der Waals surface area contributed by atoms with Crippen molar-refractivity contribution in [3.05, 3.63) is 54.4 Å². The average Bonchev–Trinajstić information content (AvgIpc) is 3.16. The number of primary amides is 1. The Hall–Kier alpha value is -2.49. The fourth-order valence-corrected chi connectivity index (χ4v) is 5.07. The van der Waals surface area contributed by atoms with Gasteiger partial charge in [0.2, 0.25) is 10.0 Å². The van der Waals surface area contributed by atoms with Crippen molar-refractivity contribution in [2.45, 2.75) is 30.3 Å². The summed E-state index contributed by atoms with van der Waals surface area (Å²) in [6.07, 6.45) is 4.89. The molecule has 1 aromatic carbocycles. The Balaban J connectivity index is 1.82. The van der Waals surface area contributed by atoms with Gasteiger partial charge in [0.05, 0.1) is 18.0 Å². The third-order valence-corrected chi connectivity index (χ3v) is 6.73. The number of pyridine rings is 1. The molecule has 1 saturated heterocycles. The molecule has 1 aliphatic rings. The maximum atomic E-state index is 13.0. The molecular weight excluding hydrogens is 380 g/mol. The summed E-state index contributed by atoms with van der Waals surface area (Å²) in [5.74, 6) is 0. The maximum Gasteiger partial charge on any atom is 0.319 e. The lowest BCUT2D eigenvalue weighted by molar-refractivity contribution is 0.149. The van der Waals surface area contributed by atoms with Crippen LogP contribution in [0.1, 0.15) is 18.4 Å². The lowest BCUT2D eigenvalue weighted by Crippen LogP contribution is -2.38. The number of ether oxygens (including phenoxy) is 1. The fraction of sp³-hybridized carbons (Fsp3) is 0.368. The fourth-order valence-electron chi connectivity index (χ4n) is 3.39. The first-order valence-corrected chi connectivity index (χ1v) is 10.4. The number of anilines is 1. The number of carbonyl (C=O) groups is 1. The lowest BCUT2D eigenvalue weighted by Gasteiger charge is -2.24. The van der Waals surface area contributed by atoms with Crippen LogP contribution in [0.15, 0.2) is 53.7 Å². The summed E-state index contributed by atoms with van der Waals surface area (Å²) in [5, 5.41) is 0. The van der Waals surface area contributed by atoms with E-state index in [2.05, 4.69) is 4.98 Å². The van der Waals surface area contributed by atoms with E-state index in [1.54, 1.807) is 37.7 Å². The van der Waals surface area contributed by atoms with E-state index in [-0.39, 0.29) is 17.5 Å². The third-order valence-electron chi connectivity index (χ3n) is 4.77. The zero-order chi connectivity index (χ0) is 20.1. The normalized spacial score (nSPS) is 17.5. The van der Waals surface area contributed by atoms with E-state index in [9.17, 15) is 13.2 Å². The van der Waals surface area contributed by atoms with Crippen molar-refractivity contribution >= 4 is 21.7 Å². The van der Waals surface area contributed by atoms with Crippen LogP contribution in [0.4, 0.5) is 10.5 Å². The standard InChI is InChI=1S/C19H24N4O4S/c1-27-14-17-5-3-11-23(17)28(25,26)18-8-6-16(7-9-18)22(19(20)24)13-15-4-2-10-21-12-15/h2,4,6-10,12,17H,3,5,11,13-14H2,1H3,(H2,20,24)/t17-/m0/s1. The Morgan fingerprint density at radius 1 is 1.32 bits per heavy atom. The zero-order valence-electron chi connectivity index (χ0n) is 15.7. The van der Waals surface area contributed by atoms with E-state index in [1.807, 2.05) is 6.07 Å². The topological polar surface area (TPSA) is 106 Å². The van der Waals surface area contributed by atoms with Crippen LogP contribution >= 0.6 is 0 Å². The first-order chi connectivity index (χ1) is 13.4. The average molecular weight is 404 g/mol. The highest BCUT2D eigenvalue weighted by atomic mass is 32.2. The molecule has 1 aliphatic heterocycles. The van der Waals surface area contributed by atoms with E-state index in [1.165, 1.54) is 21.3 Å². The van der Waals surface area contributed by atoms with Crippen LogP contribution < -0.4 is 10.6 Å². The van der Waals surface area contributed by atoms with Gasteiger partial charge in [-0.05, 0) is 48.7 Å². The molecule has 2 heterocycles. The van der Waals surface area contributed by atoms with Crippen LogP contribution in [-0.2, 0) is 21.3 Å². The van der Waals surface area contributed by atoms with Gasteiger partial charge in [-0.2, -0.15) is 4.31 Å². The molecular formula is C19H24N4O4S. The molecule has 0 unspecified atom stereocenters. The molecule has 28 heavy (non-hydrogen) atoms. The number of hydrogen-bond acceptors (Lipinski definition) is 5. The van der Waals surface area contributed by atoms with Gasteiger partial charge in [0.1, 0.15) is 0 Å². The highest BCUT2D eigenvalue weighted by Gasteiger charge is 2.35. The van der Waals surface area contributed by atoms with E-state index in [4.69, 9.17) is 10.5 Å². The first-order valence-electron chi connectivity index (χ1n) is 9.00. The monoisotopic (exact) mass is 404 g/mol. The lowest BCUT2D eigenvalue weighted by atomic mass is 10.2. The molecule has 1 aromatic heterocycles. The molecule has 8 nitrogen and oxygen atoms in total. The van der Waals surface area contributed by atoms with E-state index in [0.29, 0.717) is 18.8 Å². The Kier molecular flexibility index (Phi) is 6.28. The molecule has 3 rings (SSSR count). The van der Waals surface area contributed by atoms with Crippen LogP contribution in [0.3, 0.4) is 0 Å². The Morgan fingerprint density at radius 2 is 2.07 bits per heavy atom. The van der Waals surface area contributed by atoms with Crippen molar-refractivity contribution in [3.63, 3.8) is 0 Å². The van der Waals surface area contributed by atoms with Crippen molar-refractivity contribution in [3.8, 4) is 0 Å². The summed E-state index contributed by atoms with van der Waals surface area (Å²) in [7, 11) is -2.05. The molecule has 2 aromatic rings. The predicted octanol–water partition coefficient (Wildman–Crippen LogP) is 1.97. The zero-order valence-corrected chi connectivity index (χ0v) is 16.5. The Labute approximate surface area is 165 Å². The van der Waals surface area contributed by atoms with Crippen molar-refractivity contribution < 1.29 is 17.9 Å². The Morgan fingerprint density at radius 3 is 2.68 bits per heavy atom. The van der Waals surface area contributed by atoms with Gasteiger partial charge in [0.15, 0.2) is 0 Å². The molecule has 0 spiro atoms. The second-order valence-electron chi connectivity index (χ2n) is 6.65. The second-order valence-corrected chi connectivity index (χ2v) is 8.54. The van der Waals surface area contributed by atoms with Crippen LogP contribution in [0.2, 0.25) is 0 Å². The highest BCUT2D eigenvalue weighted by Crippen LogP contribution is 2.28. The number of amides is 2. The molecule has 2 amide bonds. The van der Waals surface area contributed by atoms with Gasteiger partial charge < -0.3 is 10.5 Å². The molecule has 1 fully saturated rings. The third kappa shape index (κ3) is 4.32. The van der Waals surface area contributed by atoms with E-state index >= 15 is 0 Å². The van der Waals surface area contributed by atoms with E-state index in [0.717, 1.165) is 18.4 Å². The number of sulfonamides is 1. The number of aromatic nitrogens is 1. The minimum atomic E-state index is -3.62. The van der Waals surface area contributed by atoms with Gasteiger partial charge in [0, 0.05) is 37.8 Å². The summed E-state index contributed by atoms with van der Waals surface area (Å²) in [5.41, 5.74) is 6.85. The predicted molar refractivity (Wildman–Crippen MR) is 105 cm³/mol. The molecule has 1 atom stereocenters. The minimum absolute atomic E-state index is 0.151. The number of hydrogen-bond donors (Lipinski definition) is 1. The van der Waals surface area contributed by atoms with E-state index < -0.39 is 16.1 Å². The van der Waals surface area contributed by atoms with Gasteiger partial charge in [-0.15, -0.1) is 0 Å².